The lowest BCUT2D eigenvalue weighted by atomic mass is 10.4. The number of aromatic nitrogens is 5. The number of nitrogens with zero attached hydrogens (tertiary/aromatic N) is 5. The largest absolute Gasteiger partial charge is 0.461 e. The molecule has 0 aliphatic rings. The third kappa shape index (κ3) is 4.06. The molecule has 0 saturated heterocycles. The lowest BCUT2D eigenvalue weighted by Gasteiger charge is -2.06. The zero-order valence-corrected chi connectivity index (χ0v) is 16.9. The van der Waals surface area contributed by atoms with E-state index in [1.54, 1.807) is 29.7 Å². The zero-order chi connectivity index (χ0) is 19.3. The number of thiophene rings is 1. The van der Waals surface area contributed by atoms with Crippen molar-refractivity contribution in [2.24, 2.45) is 0 Å². The van der Waals surface area contributed by atoms with Gasteiger partial charge in [-0.2, -0.15) is 0 Å². The van der Waals surface area contributed by atoms with E-state index >= 15 is 0 Å². The van der Waals surface area contributed by atoms with E-state index in [1.807, 2.05) is 28.1 Å². The van der Waals surface area contributed by atoms with E-state index in [-0.39, 0.29) is 11.7 Å². The molecule has 1 amide bonds. The van der Waals surface area contributed by atoms with Crippen LogP contribution in [0.5, 0.6) is 0 Å². The molecule has 4 aromatic rings. The third-order valence-electron chi connectivity index (χ3n) is 3.51. The van der Waals surface area contributed by atoms with Crippen LogP contribution in [0.15, 0.2) is 58.1 Å². The highest BCUT2D eigenvalue weighted by molar-refractivity contribution is 7.99. The van der Waals surface area contributed by atoms with Gasteiger partial charge in [0, 0.05) is 6.54 Å². The number of nitrogens with one attached hydrogen (secondary N) is 1. The lowest BCUT2D eigenvalue weighted by molar-refractivity contribution is -0.113. The monoisotopic (exact) mass is 430 g/mol. The molecule has 0 aliphatic carbocycles. The number of anilines is 1. The summed E-state index contributed by atoms with van der Waals surface area (Å²) in [5.74, 6) is 1.19. The minimum atomic E-state index is -0.188. The lowest BCUT2D eigenvalue weighted by Crippen LogP contribution is -2.14. The first kappa shape index (κ1) is 18.6. The van der Waals surface area contributed by atoms with E-state index in [2.05, 4.69) is 32.3 Å². The fourth-order valence-corrected chi connectivity index (χ4v) is 4.64. The van der Waals surface area contributed by atoms with Crippen molar-refractivity contribution in [3.63, 3.8) is 0 Å². The Morgan fingerprint density at radius 1 is 1.29 bits per heavy atom. The Hall–Kier alpha value is -2.76. The van der Waals surface area contributed by atoms with Crippen molar-refractivity contribution in [1.82, 2.24) is 25.0 Å². The molecule has 0 saturated carbocycles. The normalized spacial score (nSPS) is 10.9. The van der Waals surface area contributed by atoms with Crippen LogP contribution < -0.4 is 5.32 Å². The first-order valence-corrected chi connectivity index (χ1v) is 10.8. The highest BCUT2D eigenvalue weighted by Crippen LogP contribution is 2.30. The Balaban J connectivity index is 1.40. The number of thioether (sulfide) groups is 1. The van der Waals surface area contributed by atoms with Crippen molar-refractivity contribution in [2.75, 3.05) is 11.1 Å². The minimum absolute atomic E-state index is 0.168. The molecular formula is C17H14N6O2S3. The molecule has 142 valence electrons. The van der Waals surface area contributed by atoms with Crippen molar-refractivity contribution in [2.45, 2.75) is 11.7 Å². The van der Waals surface area contributed by atoms with Crippen molar-refractivity contribution < 1.29 is 9.21 Å². The Labute approximate surface area is 172 Å². The Morgan fingerprint density at radius 2 is 2.21 bits per heavy atom. The summed E-state index contributed by atoms with van der Waals surface area (Å²) in [5.41, 5.74) is 0. The number of allylic oxidation sites excluding steroid dienone is 1. The predicted octanol–water partition coefficient (Wildman–Crippen LogP) is 4.03. The predicted molar refractivity (Wildman–Crippen MR) is 110 cm³/mol. The molecule has 0 spiro atoms. The maximum Gasteiger partial charge on any atom is 0.236 e. The van der Waals surface area contributed by atoms with Crippen molar-refractivity contribution in [3.05, 3.63) is 48.6 Å². The van der Waals surface area contributed by atoms with E-state index in [0.29, 0.717) is 28.4 Å². The van der Waals surface area contributed by atoms with Gasteiger partial charge in [-0.05, 0) is 23.6 Å². The first-order chi connectivity index (χ1) is 13.7. The van der Waals surface area contributed by atoms with Crippen LogP contribution in [0, 0.1) is 0 Å². The maximum absolute atomic E-state index is 12.3. The van der Waals surface area contributed by atoms with Crippen LogP contribution in [-0.2, 0) is 11.3 Å². The van der Waals surface area contributed by atoms with E-state index < -0.39 is 0 Å². The van der Waals surface area contributed by atoms with Gasteiger partial charge in [0.15, 0.2) is 15.9 Å². The second kappa shape index (κ2) is 8.50. The van der Waals surface area contributed by atoms with E-state index in [9.17, 15) is 4.79 Å². The average Bonchev–Trinajstić information content (AvgIpc) is 3.46. The highest BCUT2D eigenvalue weighted by Gasteiger charge is 2.17. The quantitative estimate of drug-likeness (QED) is 0.333. The molecule has 0 fully saturated rings. The van der Waals surface area contributed by atoms with Crippen LogP contribution in [0.3, 0.4) is 0 Å². The number of hydrogen-bond acceptors (Lipinski definition) is 9. The van der Waals surface area contributed by atoms with Gasteiger partial charge in [0.1, 0.15) is 0 Å². The molecule has 0 unspecified atom stereocenters. The molecule has 1 N–H and O–H groups in total. The Bertz CT molecular complexity index is 1070. The summed E-state index contributed by atoms with van der Waals surface area (Å²) in [4.78, 5) is 13.3. The topological polar surface area (TPSA) is 98.7 Å². The van der Waals surface area contributed by atoms with Gasteiger partial charge >= 0.3 is 0 Å². The fraction of sp³-hybridized carbons (Fsp3) is 0.118. The summed E-state index contributed by atoms with van der Waals surface area (Å²) in [6.07, 6.45) is 3.32. The van der Waals surface area contributed by atoms with Gasteiger partial charge in [0.25, 0.3) is 0 Å². The van der Waals surface area contributed by atoms with Crippen LogP contribution in [-0.4, -0.2) is 36.6 Å². The van der Waals surface area contributed by atoms with Gasteiger partial charge in [-0.3, -0.25) is 14.7 Å². The summed E-state index contributed by atoms with van der Waals surface area (Å²) in [6, 6.07) is 7.52. The van der Waals surface area contributed by atoms with Gasteiger partial charge in [0.05, 0.1) is 16.9 Å². The van der Waals surface area contributed by atoms with E-state index in [0.717, 1.165) is 9.88 Å². The smallest absolute Gasteiger partial charge is 0.236 e. The molecule has 0 atom stereocenters. The molecule has 0 aliphatic heterocycles. The third-order valence-corrected chi connectivity index (χ3v) is 6.35. The van der Waals surface area contributed by atoms with Crippen molar-refractivity contribution in [1.29, 1.82) is 0 Å². The zero-order valence-electron chi connectivity index (χ0n) is 14.4. The summed E-state index contributed by atoms with van der Waals surface area (Å²) >= 11 is 4.21. The summed E-state index contributed by atoms with van der Waals surface area (Å²) in [7, 11) is 0. The number of carbonyl (C=O) groups is 1. The standard InChI is InChI=1S/C17H14N6O2S3/c1-2-7-23-14(11-5-3-8-25-11)19-22-17(23)27-10-13(24)18-16-21-20-15(28-16)12-6-4-9-26-12/h2-6,8-9H,1,7,10H2,(H,18,21,24). The summed E-state index contributed by atoms with van der Waals surface area (Å²) in [6.45, 7) is 4.27. The molecule has 11 heteroatoms. The molecule has 8 nitrogen and oxygen atoms in total. The maximum atomic E-state index is 12.3. The van der Waals surface area contributed by atoms with E-state index in [4.69, 9.17) is 4.42 Å². The number of carbonyl (C=O) groups excluding carboxylic acids is 1. The van der Waals surface area contributed by atoms with Gasteiger partial charge in [0.2, 0.25) is 16.9 Å². The molecule has 0 aromatic carbocycles. The number of amides is 1. The summed E-state index contributed by atoms with van der Waals surface area (Å²) < 4.78 is 7.25. The van der Waals surface area contributed by atoms with Crippen LogP contribution in [0.4, 0.5) is 5.13 Å². The molecule has 0 radical (unpaired) electrons. The number of furan rings is 1. The second-order valence-corrected chi connectivity index (χ2v) is 8.28. The van der Waals surface area contributed by atoms with Crippen LogP contribution in [0.25, 0.3) is 21.5 Å². The summed E-state index contributed by atoms with van der Waals surface area (Å²) in [5, 5.41) is 23.1. The van der Waals surface area contributed by atoms with Crippen molar-refractivity contribution >= 4 is 45.5 Å². The molecule has 28 heavy (non-hydrogen) atoms. The molecule has 0 bridgehead atoms. The minimum Gasteiger partial charge on any atom is -0.461 e. The van der Waals surface area contributed by atoms with Crippen LogP contribution in [0.2, 0.25) is 0 Å². The number of hydrogen-bond donors (Lipinski definition) is 1. The van der Waals surface area contributed by atoms with Gasteiger partial charge in [-0.25, -0.2) is 0 Å². The molecular weight excluding hydrogens is 416 g/mol. The first-order valence-electron chi connectivity index (χ1n) is 8.12. The average molecular weight is 431 g/mol. The van der Waals surface area contributed by atoms with Crippen LogP contribution in [0.1, 0.15) is 0 Å². The SMILES string of the molecule is C=CCn1c(SCC(=O)Nc2nnc(-c3cccs3)s2)nnc1-c1ccco1. The number of rotatable bonds is 8. The Kier molecular flexibility index (Phi) is 5.65. The molecule has 4 heterocycles. The second-order valence-electron chi connectivity index (χ2n) is 5.41. The highest BCUT2D eigenvalue weighted by atomic mass is 32.2. The van der Waals surface area contributed by atoms with E-state index in [1.165, 1.54) is 23.1 Å². The van der Waals surface area contributed by atoms with Gasteiger partial charge in [-0.1, -0.05) is 35.2 Å². The van der Waals surface area contributed by atoms with Gasteiger partial charge < -0.3 is 4.42 Å². The van der Waals surface area contributed by atoms with Gasteiger partial charge in [-0.15, -0.1) is 38.3 Å². The molecule has 4 rings (SSSR count). The fourth-order valence-electron chi connectivity index (χ4n) is 2.34. The van der Waals surface area contributed by atoms with Crippen molar-refractivity contribution in [3.8, 4) is 21.5 Å². The Morgan fingerprint density at radius 3 is 2.96 bits per heavy atom. The molecule has 4 aromatic heterocycles. The van der Waals surface area contributed by atoms with Crippen LogP contribution >= 0.6 is 34.4 Å².